The van der Waals surface area contributed by atoms with Crippen molar-refractivity contribution >= 4 is 27.5 Å². The SMILES string of the molecule is Cc1cnc(C(=O)Nc2ccc(F)cc2Br)cn1. The average molecular weight is 310 g/mol. The number of carbonyl (C=O) groups is 1. The highest BCUT2D eigenvalue weighted by Crippen LogP contribution is 2.23. The van der Waals surface area contributed by atoms with E-state index in [9.17, 15) is 9.18 Å². The van der Waals surface area contributed by atoms with Crippen molar-refractivity contribution in [2.24, 2.45) is 0 Å². The molecule has 6 heteroatoms. The maximum absolute atomic E-state index is 12.9. The largest absolute Gasteiger partial charge is 0.320 e. The fourth-order valence-electron chi connectivity index (χ4n) is 1.29. The van der Waals surface area contributed by atoms with Gasteiger partial charge in [0.1, 0.15) is 11.5 Å². The van der Waals surface area contributed by atoms with Crippen molar-refractivity contribution in [1.82, 2.24) is 9.97 Å². The lowest BCUT2D eigenvalue weighted by Crippen LogP contribution is -2.14. The highest BCUT2D eigenvalue weighted by atomic mass is 79.9. The van der Waals surface area contributed by atoms with Gasteiger partial charge in [-0.05, 0) is 41.1 Å². The van der Waals surface area contributed by atoms with Gasteiger partial charge in [0, 0.05) is 10.7 Å². The van der Waals surface area contributed by atoms with Gasteiger partial charge in [0.05, 0.1) is 17.6 Å². The van der Waals surface area contributed by atoms with E-state index in [0.717, 1.165) is 5.69 Å². The van der Waals surface area contributed by atoms with E-state index < -0.39 is 5.91 Å². The number of nitrogens with zero attached hydrogens (tertiary/aromatic N) is 2. The van der Waals surface area contributed by atoms with Gasteiger partial charge in [-0.1, -0.05) is 0 Å². The van der Waals surface area contributed by atoms with E-state index >= 15 is 0 Å². The summed E-state index contributed by atoms with van der Waals surface area (Å²) >= 11 is 3.17. The van der Waals surface area contributed by atoms with Crippen molar-refractivity contribution in [2.45, 2.75) is 6.92 Å². The Morgan fingerprint density at radius 3 is 2.72 bits per heavy atom. The topological polar surface area (TPSA) is 54.9 Å². The minimum atomic E-state index is -0.394. The van der Waals surface area contributed by atoms with Crippen LogP contribution in [0.2, 0.25) is 0 Å². The molecule has 92 valence electrons. The number of anilines is 1. The number of aromatic nitrogens is 2. The minimum Gasteiger partial charge on any atom is -0.320 e. The van der Waals surface area contributed by atoms with Gasteiger partial charge in [-0.3, -0.25) is 9.78 Å². The molecule has 0 atom stereocenters. The smallest absolute Gasteiger partial charge is 0.275 e. The highest BCUT2D eigenvalue weighted by Gasteiger charge is 2.10. The van der Waals surface area contributed by atoms with E-state index in [-0.39, 0.29) is 11.5 Å². The van der Waals surface area contributed by atoms with E-state index in [4.69, 9.17) is 0 Å². The van der Waals surface area contributed by atoms with Gasteiger partial charge in [-0.15, -0.1) is 0 Å². The summed E-state index contributed by atoms with van der Waals surface area (Å²) in [7, 11) is 0. The first-order chi connectivity index (χ1) is 8.56. The Balaban J connectivity index is 2.18. The molecule has 1 N–H and O–H groups in total. The third-order valence-corrected chi connectivity index (χ3v) is 2.85. The lowest BCUT2D eigenvalue weighted by atomic mass is 10.3. The van der Waals surface area contributed by atoms with Gasteiger partial charge < -0.3 is 5.32 Å². The third kappa shape index (κ3) is 2.89. The van der Waals surface area contributed by atoms with Crippen molar-refractivity contribution in [2.75, 3.05) is 5.32 Å². The molecule has 0 saturated heterocycles. The second-order valence-corrected chi connectivity index (χ2v) is 4.48. The molecule has 0 aliphatic carbocycles. The van der Waals surface area contributed by atoms with Crippen LogP contribution in [0.25, 0.3) is 0 Å². The van der Waals surface area contributed by atoms with Crippen LogP contribution in [-0.2, 0) is 0 Å². The van der Waals surface area contributed by atoms with Crippen LogP contribution in [0.3, 0.4) is 0 Å². The van der Waals surface area contributed by atoms with Crippen LogP contribution in [0.4, 0.5) is 10.1 Å². The molecule has 0 radical (unpaired) electrons. The number of amides is 1. The summed E-state index contributed by atoms with van der Waals surface area (Å²) in [6.07, 6.45) is 2.90. The van der Waals surface area contributed by atoms with E-state index in [1.807, 2.05) is 0 Å². The van der Waals surface area contributed by atoms with Gasteiger partial charge in [0.15, 0.2) is 0 Å². The Kier molecular flexibility index (Phi) is 3.66. The Morgan fingerprint density at radius 1 is 1.33 bits per heavy atom. The molecule has 0 aliphatic rings. The van der Waals surface area contributed by atoms with Crippen molar-refractivity contribution in [1.29, 1.82) is 0 Å². The van der Waals surface area contributed by atoms with Crippen LogP contribution in [0.1, 0.15) is 16.2 Å². The van der Waals surface area contributed by atoms with E-state index in [1.54, 1.807) is 6.92 Å². The summed E-state index contributed by atoms with van der Waals surface area (Å²) in [5.41, 5.74) is 1.41. The Hall–Kier alpha value is -1.82. The molecule has 0 aliphatic heterocycles. The summed E-state index contributed by atoms with van der Waals surface area (Å²) in [6.45, 7) is 1.78. The van der Waals surface area contributed by atoms with Crippen LogP contribution in [0.5, 0.6) is 0 Å². The molecule has 0 bridgehead atoms. The van der Waals surface area contributed by atoms with Gasteiger partial charge in [0.25, 0.3) is 5.91 Å². The summed E-state index contributed by atoms with van der Waals surface area (Å²) in [6, 6.07) is 4.01. The Bertz CT molecular complexity index is 586. The first-order valence-electron chi connectivity index (χ1n) is 5.11. The number of benzene rings is 1. The van der Waals surface area contributed by atoms with Crippen molar-refractivity contribution in [3.8, 4) is 0 Å². The molecule has 1 aromatic heterocycles. The third-order valence-electron chi connectivity index (χ3n) is 2.19. The van der Waals surface area contributed by atoms with Crippen molar-refractivity contribution in [3.05, 3.63) is 52.3 Å². The summed E-state index contributed by atoms with van der Waals surface area (Å²) in [4.78, 5) is 19.8. The molecule has 0 saturated carbocycles. The van der Waals surface area contributed by atoms with Crippen LogP contribution < -0.4 is 5.32 Å². The second-order valence-electron chi connectivity index (χ2n) is 3.62. The monoisotopic (exact) mass is 309 g/mol. The van der Waals surface area contributed by atoms with Crippen LogP contribution >= 0.6 is 15.9 Å². The van der Waals surface area contributed by atoms with Gasteiger partial charge in [-0.2, -0.15) is 0 Å². The normalized spacial score (nSPS) is 10.2. The quantitative estimate of drug-likeness (QED) is 0.928. The standard InChI is InChI=1S/C12H9BrFN3O/c1-7-5-16-11(6-15-7)12(18)17-10-3-2-8(14)4-9(10)13/h2-6H,1H3,(H,17,18). The fourth-order valence-corrected chi connectivity index (χ4v) is 1.74. The predicted octanol–water partition coefficient (Wildman–Crippen LogP) is 2.94. The highest BCUT2D eigenvalue weighted by molar-refractivity contribution is 9.10. The molecule has 0 unspecified atom stereocenters. The summed E-state index contributed by atoms with van der Waals surface area (Å²) < 4.78 is 13.4. The van der Waals surface area contributed by atoms with E-state index in [1.165, 1.54) is 30.6 Å². The molecule has 1 amide bonds. The zero-order valence-corrected chi connectivity index (χ0v) is 11.0. The molecule has 0 spiro atoms. The Labute approximate surface area is 111 Å². The van der Waals surface area contributed by atoms with Crippen LogP contribution in [0, 0.1) is 12.7 Å². The van der Waals surface area contributed by atoms with E-state index in [0.29, 0.717) is 10.2 Å². The first kappa shape index (κ1) is 12.6. The molecular weight excluding hydrogens is 301 g/mol. The van der Waals surface area contributed by atoms with Crippen molar-refractivity contribution in [3.63, 3.8) is 0 Å². The van der Waals surface area contributed by atoms with Crippen molar-refractivity contribution < 1.29 is 9.18 Å². The van der Waals surface area contributed by atoms with Crippen LogP contribution in [-0.4, -0.2) is 15.9 Å². The maximum Gasteiger partial charge on any atom is 0.275 e. The zero-order valence-electron chi connectivity index (χ0n) is 9.45. The number of hydrogen-bond donors (Lipinski definition) is 1. The second kappa shape index (κ2) is 5.22. The lowest BCUT2D eigenvalue weighted by molar-refractivity contribution is 0.102. The first-order valence-corrected chi connectivity index (χ1v) is 5.90. The molecular formula is C12H9BrFN3O. The predicted molar refractivity (Wildman–Crippen MR) is 68.8 cm³/mol. The molecule has 1 heterocycles. The van der Waals surface area contributed by atoms with Gasteiger partial charge in [-0.25, -0.2) is 9.37 Å². The number of nitrogens with one attached hydrogen (secondary N) is 1. The average Bonchev–Trinajstić information content (AvgIpc) is 2.33. The van der Waals surface area contributed by atoms with Crippen LogP contribution in [0.15, 0.2) is 35.1 Å². The number of halogens is 2. The Morgan fingerprint density at radius 2 is 2.11 bits per heavy atom. The number of carbonyl (C=O) groups excluding carboxylic acids is 1. The van der Waals surface area contributed by atoms with E-state index in [2.05, 4.69) is 31.2 Å². The maximum atomic E-state index is 12.9. The number of aryl methyl sites for hydroxylation is 1. The summed E-state index contributed by atoms with van der Waals surface area (Å²) in [5, 5.41) is 2.62. The summed E-state index contributed by atoms with van der Waals surface area (Å²) in [5.74, 6) is -0.773. The zero-order chi connectivity index (χ0) is 13.1. The molecule has 0 fully saturated rings. The molecule has 2 rings (SSSR count). The van der Waals surface area contributed by atoms with Gasteiger partial charge in [0.2, 0.25) is 0 Å². The molecule has 18 heavy (non-hydrogen) atoms. The number of rotatable bonds is 2. The molecule has 4 nitrogen and oxygen atoms in total. The molecule has 2 aromatic rings. The minimum absolute atomic E-state index is 0.205. The number of hydrogen-bond acceptors (Lipinski definition) is 3. The van der Waals surface area contributed by atoms with Gasteiger partial charge >= 0.3 is 0 Å². The fraction of sp³-hybridized carbons (Fsp3) is 0.0833. The lowest BCUT2D eigenvalue weighted by Gasteiger charge is -2.06. The molecule has 1 aromatic carbocycles.